The van der Waals surface area contributed by atoms with Gasteiger partial charge in [-0.05, 0) is 38.5 Å². The first-order chi connectivity index (χ1) is 27.3. The summed E-state index contributed by atoms with van der Waals surface area (Å²) in [4.78, 5) is 85.7. The second-order valence-corrected chi connectivity index (χ2v) is 15.1. The Labute approximate surface area is 341 Å². The fourth-order valence-electron chi connectivity index (χ4n) is 7.14. The maximum absolute atomic E-state index is 11.2. The van der Waals surface area contributed by atoms with E-state index in [1.165, 1.54) is 19.3 Å². The molecule has 0 radical (unpaired) electrons. The van der Waals surface area contributed by atoms with Crippen molar-refractivity contribution in [2.75, 3.05) is 0 Å². The predicted octanol–water partition coefficient (Wildman–Crippen LogP) is 8.51. The van der Waals surface area contributed by atoms with Crippen molar-refractivity contribution >= 4 is 47.8 Å². The van der Waals surface area contributed by atoms with Crippen molar-refractivity contribution in [3.8, 4) is 0 Å². The number of hydrogen-bond acceptors (Lipinski definition) is 8. The van der Waals surface area contributed by atoms with Crippen molar-refractivity contribution in [2.24, 2.45) is 16.2 Å². The third kappa shape index (κ3) is 21.7. The van der Waals surface area contributed by atoms with Gasteiger partial charge in [0.2, 0.25) is 0 Å². The summed E-state index contributed by atoms with van der Waals surface area (Å²) < 4.78 is 0. The molecule has 0 aromatic heterocycles. The first kappa shape index (κ1) is 55.3. The molecular formula is C42H68O16. The molecule has 0 saturated heterocycles. The lowest BCUT2D eigenvalue weighted by atomic mass is 9.77. The monoisotopic (exact) mass is 828 g/mol. The van der Waals surface area contributed by atoms with Gasteiger partial charge in [-0.2, -0.15) is 0 Å². The molecule has 8 N–H and O–H groups in total. The molecule has 0 heterocycles. The molecule has 0 unspecified atom stereocenters. The Kier molecular flexibility index (Phi) is 29.8. The van der Waals surface area contributed by atoms with E-state index >= 15 is 0 Å². The molecule has 0 atom stereocenters. The van der Waals surface area contributed by atoms with Crippen molar-refractivity contribution in [1.82, 2.24) is 0 Å². The molecule has 0 aliphatic heterocycles. The van der Waals surface area contributed by atoms with Gasteiger partial charge >= 0.3 is 47.8 Å². The van der Waals surface area contributed by atoms with Gasteiger partial charge in [0.25, 0.3) is 0 Å². The Bertz CT molecular complexity index is 1100. The maximum atomic E-state index is 11.2. The standard InChI is InChI=1S/3C12H20O4.2C3H4O2/c3*13-10(14)12(11(15)16)8-6-4-2-1-3-5-7-9-12;2*1-2-3(4)5/h3*1-9H2,(H,13,14)(H,15,16);2*2H,1H2,(H,4,5). The minimum atomic E-state index is -1.53. The summed E-state index contributed by atoms with van der Waals surface area (Å²) in [5, 5.41) is 70.2. The van der Waals surface area contributed by atoms with E-state index < -0.39 is 64.0 Å². The number of carboxylic acids is 8. The summed E-state index contributed by atoms with van der Waals surface area (Å²) in [6, 6.07) is 0. The van der Waals surface area contributed by atoms with Crippen LogP contribution in [-0.4, -0.2) is 88.6 Å². The highest BCUT2D eigenvalue weighted by Crippen LogP contribution is 2.36. The van der Waals surface area contributed by atoms with Gasteiger partial charge in [0.05, 0.1) is 0 Å². The number of hydrogen-bond donors (Lipinski definition) is 8. The molecule has 0 aromatic rings. The number of rotatable bonds is 8. The third-order valence-electron chi connectivity index (χ3n) is 10.9. The molecule has 16 heteroatoms. The Morgan fingerprint density at radius 1 is 0.276 bits per heavy atom. The van der Waals surface area contributed by atoms with Gasteiger partial charge in [-0.15, -0.1) is 0 Å². The van der Waals surface area contributed by atoms with Crippen molar-refractivity contribution in [2.45, 2.75) is 173 Å². The lowest BCUT2D eigenvalue weighted by Gasteiger charge is -2.25. The Morgan fingerprint density at radius 3 is 0.466 bits per heavy atom. The smallest absolute Gasteiger partial charge is 0.327 e. The first-order valence-electron chi connectivity index (χ1n) is 20.4. The van der Waals surface area contributed by atoms with Gasteiger partial charge in [0.15, 0.2) is 16.2 Å². The molecule has 16 nitrogen and oxygen atoms in total. The molecule has 0 bridgehead atoms. The second-order valence-electron chi connectivity index (χ2n) is 15.1. The van der Waals surface area contributed by atoms with E-state index in [-0.39, 0.29) is 38.5 Å². The van der Waals surface area contributed by atoms with Crippen LogP contribution >= 0.6 is 0 Å². The average Bonchev–Trinajstić information content (AvgIpc) is 3.18. The highest BCUT2D eigenvalue weighted by molar-refractivity contribution is 5.99. The molecule has 58 heavy (non-hydrogen) atoms. The lowest BCUT2D eigenvalue weighted by Crippen LogP contribution is -2.39. The average molecular weight is 829 g/mol. The largest absolute Gasteiger partial charge is 0.480 e. The van der Waals surface area contributed by atoms with Gasteiger partial charge in [0, 0.05) is 12.2 Å². The van der Waals surface area contributed by atoms with Crippen LogP contribution in [0.5, 0.6) is 0 Å². The molecule has 332 valence electrons. The van der Waals surface area contributed by atoms with Crippen LogP contribution in [0.1, 0.15) is 173 Å². The van der Waals surface area contributed by atoms with Crippen molar-refractivity contribution < 1.29 is 79.2 Å². The van der Waals surface area contributed by atoms with Gasteiger partial charge in [0.1, 0.15) is 0 Å². The van der Waals surface area contributed by atoms with Gasteiger partial charge < -0.3 is 40.9 Å². The van der Waals surface area contributed by atoms with E-state index in [0.717, 1.165) is 89.2 Å². The van der Waals surface area contributed by atoms with Crippen molar-refractivity contribution in [3.05, 3.63) is 25.3 Å². The zero-order valence-corrected chi connectivity index (χ0v) is 34.0. The Hall–Kier alpha value is -4.76. The number of carbonyl (C=O) groups is 8. The summed E-state index contributed by atoms with van der Waals surface area (Å²) in [6.45, 7) is 5.92. The van der Waals surface area contributed by atoms with Gasteiger partial charge in [-0.25, -0.2) is 9.59 Å². The van der Waals surface area contributed by atoms with Crippen LogP contribution in [0.15, 0.2) is 25.3 Å². The highest BCUT2D eigenvalue weighted by Gasteiger charge is 2.47. The molecule has 0 aromatic carbocycles. The minimum Gasteiger partial charge on any atom is -0.480 e. The molecule has 3 aliphatic carbocycles. The van der Waals surface area contributed by atoms with Crippen LogP contribution in [-0.2, 0) is 38.4 Å². The minimum absolute atomic E-state index is 0.275. The van der Waals surface area contributed by atoms with E-state index in [0.29, 0.717) is 38.5 Å². The fourth-order valence-corrected chi connectivity index (χ4v) is 7.14. The van der Waals surface area contributed by atoms with Crippen molar-refractivity contribution in [1.29, 1.82) is 0 Å². The summed E-state index contributed by atoms with van der Waals surface area (Å²) in [5.41, 5.74) is -4.59. The molecule has 3 aliphatic rings. The maximum Gasteiger partial charge on any atom is 0.327 e. The van der Waals surface area contributed by atoms with E-state index in [1.54, 1.807) is 0 Å². The Balaban J connectivity index is 0. The molecule has 0 amide bonds. The van der Waals surface area contributed by atoms with Crippen LogP contribution in [0.4, 0.5) is 0 Å². The zero-order chi connectivity index (χ0) is 44.6. The first-order valence-corrected chi connectivity index (χ1v) is 20.4. The van der Waals surface area contributed by atoms with Gasteiger partial charge in [-0.3, -0.25) is 28.8 Å². The van der Waals surface area contributed by atoms with Crippen LogP contribution in [0.2, 0.25) is 0 Å². The molecular weight excluding hydrogens is 760 g/mol. The molecule has 3 rings (SSSR count). The summed E-state index contributed by atoms with van der Waals surface area (Å²) in [6.07, 6.45) is 23.4. The quantitative estimate of drug-likeness (QED) is 0.0839. The van der Waals surface area contributed by atoms with E-state index in [9.17, 15) is 38.4 Å². The van der Waals surface area contributed by atoms with Crippen LogP contribution < -0.4 is 0 Å². The molecule has 3 fully saturated rings. The van der Waals surface area contributed by atoms with Crippen LogP contribution in [0.25, 0.3) is 0 Å². The van der Waals surface area contributed by atoms with E-state index in [1.807, 2.05) is 0 Å². The number of aliphatic carboxylic acids is 8. The summed E-state index contributed by atoms with van der Waals surface area (Å²) in [5.74, 6) is -8.96. The summed E-state index contributed by atoms with van der Waals surface area (Å²) in [7, 11) is 0. The van der Waals surface area contributed by atoms with Crippen molar-refractivity contribution in [3.63, 3.8) is 0 Å². The van der Waals surface area contributed by atoms with Crippen LogP contribution in [0, 0.1) is 16.2 Å². The summed E-state index contributed by atoms with van der Waals surface area (Å²) >= 11 is 0. The zero-order valence-electron chi connectivity index (χ0n) is 34.0. The fraction of sp³-hybridized carbons (Fsp3) is 0.714. The van der Waals surface area contributed by atoms with Crippen LogP contribution in [0.3, 0.4) is 0 Å². The lowest BCUT2D eigenvalue weighted by molar-refractivity contribution is -0.168. The number of carboxylic acid groups (broad SMARTS) is 8. The highest BCUT2D eigenvalue weighted by atomic mass is 16.4. The Morgan fingerprint density at radius 2 is 0.379 bits per heavy atom. The normalized spacial score (nSPS) is 19.5. The second kappa shape index (κ2) is 31.3. The SMILES string of the molecule is C=CC(=O)O.C=CC(=O)O.O=C(O)C1(C(=O)O)CCCCCCCCC1.O=C(O)C1(C(=O)O)CCCCCCCCC1.O=C(O)C1(C(=O)O)CCCCCCCCC1. The van der Waals surface area contributed by atoms with E-state index in [2.05, 4.69) is 13.2 Å². The third-order valence-corrected chi connectivity index (χ3v) is 10.9. The molecule has 0 spiro atoms. The predicted molar refractivity (Wildman–Crippen MR) is 213 cm³/mol. The molecule has 3 saturated carbocycles. The van der Waals surface area contributed by atoms with Gasteiger partial charge in [-0.1, -0.05) is 148 Å². The van der Waals surface area contributed by atoms with E-state index in [4.69, 9.17) is 40.9 Å². The topological polar surface area (TPSA) is 298 Å².